The van der Waals surface area contributed by atoms with Crippen LogP contribution in [0.15, 0.2) is 48.9 Å². The minimum Gasteiger partial charge on any atom is -0.306 e. The highest BCUT2D eigenvalue weighted by Crippen LogP contribution is 2.36. The summed E-state index contributed by atoms with van der Waals surface area (Å²) in [5.74, 6) is 0.263. The van der Waals surface area contributed by atoms with E-state index in [0.717, 1.165) is 24.0 Å². The first-order chi connectivity index (χ1) is 14.1. The van der Waals surface area contributed by atoms with Crippen LogP contribution in [0.1, 0.15) is 31.0 Å². The number of amides is 1. The molecule has 1 amide bonds. The zero-order chi connectivity index (χ0) is 20.0. The van der Waals surface area contributed by atoms with Gasteiger partial charge in [-0.3, -0.25) is 9.48 Å². The largest absolute Gasteiger partial charge is 0.306 e. The molecule has 7 heteroatoms. The van der Waals surface area contributed by atoms with Crippen LogP contribution in [0.3, 0.4) is 0 Å². The summed E-state index contributed by atoms with van der Waals surface area (Å²) < 4.78 is 3.36. The highest BCUT2D eigenvalue weighted by atomic mass is 16.2. The molecule has 146 valence electrons. The fraction of sp³-hybridized carbons (Fsp3) is 0.273. The second-order valence-corrected chi connectivity index (χ2v) is 7.76. The van der Waals surface area contributed by atoms with E-state index in [1.807, 2.05) is 26.2 Å². The average molecular weight is 386 g/mol. The van der Waals surface area contributed by atoms with Crippen molar-refractivity contribution in [1.82, 2.24) is 24.8 Å². The molecule has 1 aliphatic carbocycles. The molecule has 0 saturated carbocycles. The molecular weight excluding hydrogens is 364 g/mol. The number of hydrogen-bond acceptors (Lipinski definition) is 4. The highest BCUT2D eigenvalue weighted by molar-refractivity contribution is 6.01. The van der Waals surface area contributed by atoms with Crippen LogP contribution in [-0.4, -0.2) is 30.7 Å². The van der Waals surface area contributed by atoms with Crippen LogP contribution in [-0.2, 0) is 24.2 Å². The normalized spacial score (nSPS) is 12.8. The number of hydrogen-bond donors (Lipinski definition) is 1. The predicted octanol–water partition coefficient (Wildman–Crippen LogP) is 3.61. The number of nitrogens with one attached hydrogen (secondary N) is 1. The number of carbonyl (C=O) groups excluding carboxylic acids is 1. The highest BCUT2D eigenvalue weighted by Gasteiger charge is 2.17. The molecular formula is C22H22N6O. The van der Waals surface area contributed by atoms with E-state index in [-0.39, 0.29) is 18.5 Å². The van der Waals surface area contributed by atoms with Crippen molar-refractivity contribution in [2.75, 3.05) is 5.32 Å². The van der Waals surface area contributed by atoms with Crippen molar-refractivity contribution in [2.24, 2.45) is 0 Å². The van der Waals surface area contributed by atoms with E-state index in [2.05, 4.69) is 51.1 Å². The van der Waals surface area contributed by atoms with E-state index in [1.165, 1.54) is 21.9 Å². The van der Waals surface area contributed by atoms with Crippen LogP contribution in [0.4, 0.5) is 5.82 Å². The van der Waals surface area contributed by atoms with Crippen LogP contribution < -0.4 is 5.32 Å². The monoisotopic (exact) mass is 386 g/mol. The Kier molecular flexibility index (Phi) is 4.16. The van der Waals surface area contributed by atoms with E-state index in [1.54, 1.807) is 15.6 Å². The zero-order valence-corrected chi connectivity index (χ0v) is 16.5. The molecule has 5 rings (SSSR count). The van der Waals surface area contributed by atoms with Crippen LogP contribution in [0.5, 0.6) is 0 Å². The van der Waals surface area contributed by atoms with Gasteiger partial charge in [0.25, 0.3) is 0 Å². The zero-order valence-electron chi connectivity index (χ0n) is 16.5. The number of carbonyl (C=O) groups is 1. The summed E-state index contributed by atoms with van der Waals surface area (Å²) >= 11 is 0. The Balaban J connectivity index is 1.36. The Morgan fingerprint density at radius 3 is 2.76 bits per heavy atom. The Morgan fingerprint density at radius 2 is 1.97 bits per heavy atom. The molecule has 0 atom stereocenters. The quantitative estimate of drug-likeness (QED) is 0.568. The van der Waals surface area contributed by atoms with Gasteiger partial charge in [0.1, 0.15) is 6.54 Å². The standard InChI is InChI=1S/C22H22N6O/c1-14(2)28-12-20(25-26-28)24-21(29)13-27-11-17(10-23-27)18-9-8-16-7-6-15-4-3-5-19(18)22(15)16/h3-5,8-12,14H,6-7,13H2,1-2H3,(H,24,29). The number of nitrogens with zero attached hydrogens (tertiary/aromatic N) is 5. The first-order valence-electron chi connectivity index (χ1n) is 9.86. The van der Waals surface area contributed by atoms with Crippen LogP contribution in [0.25, 0.3) is 21.9 Å². The average Bonchev–Trinajstić information content (AvgIpc) is 3.43. The summed E-state index contributed by atoms with van der Waals surface area (Å²) in [6.45, 7) is 4.13. The van der Waals surface area contributed by atoms with Crippen molar-refractivity contribution < 1.29 is 4.79 Å². The molecule has 0 aliphatic heterocycles. The third-order valence-corrected chi connectivity index (χ3v) is 5.43. The number of aromatic nitrogens is 5. The summed E-state index contributed by atoms with van der Waals surface area (Å²) in [4.78, 5) is 12.4. The summed E-state index contributed by atoms with van der Waals surface area (Å²) in [7, 11) is 0. The minimum absolute atomic E-state index is 0.121. The molecule has 0 fully saturated rings. The van der Waals surface area contributed by atoms with Gasteiger partial charge in [-0.2, -0.15) is 5.10 Å². The van der Waals surface area contributed by atoms with E-state index >= 15 is 0 Å². The molecule has 29 heavy (non-hydrogen) atoms. The molecule has 0 bridgehead atoms. The lowest BCUT2D eigenvalue weighted by atomic mass is 9.97. The molecule has 2 aromatic carbocycles. The van der Waals surface area contributed by atoms with Gasteiger partial charge in [0.15, 0.2) is 5.82 Å². The molecule has 0 unspecified atom stereocenters. The van der Waals surface area contributed by atoms with E-state index in [4.69, 9.17) is 0 Å². The fourth-order valence-electron chi connectivity index (χ4n) is 4.00. The molecule has 4 aromatic rings. The Hall–Kier alpha value is -3.48. The van der Waals surface area contributed by atoms with Gasteiger partial charge in [-0.15, -0.1) is 5.10 Å². The predicted molar refractivity (Wildman–Crippen MR) is 112 cm³/mol. The molecule has 2 heterocycles. The maximum absolute atomic E-state index is 12.4. The SMILES string of the molecule is CC(C)n1cc(NC(=O)Cn2cc(-c3ccc4c5c(cccc35)CC4)cn2)nn1. The van der Waals surface area contributed by atoms with Crippen molar-refractivity contribution in [3.05, 3.63) is 60.0 Å². The lowest BCUT2D eigenvalue weighted by Crippen LogP contribution is -2.19. The topological polar surface area (TPSA) is 77.6 Å². The van der Waals surface area contributed by atoms with Gasteiger partial charge >= 0.3 is 0 Å². The fourth-order valence-corrected chi connectivity index (χ4v) is 4.00. The Bertz CT molecular complexity index is 1210. The molecule has 7 nitrogen and oxygen atoms in total. The van der Waals surface area contributed by atoms with Gasteiger partial charge in [-0.1, -0.05) is 35.5 Å². The molecule has 1 aliphatic rings. The second-order valence-electron chi connectivity index (χ2n) is 7.76. The Labute approximate surface area is 168 Å². The first-order valence-corrected chi connectivity index (χ1v) is 9.86. The molecule has 0 spiro atoms. The molecule has 1 N–H and O–H groups in total. The smallest absolute Gasteiger partial charge is 0.247 e. The van der Waals surface area contributed by atoms with Gasteiger partial charge in [0.2, 0.25) is 5.91 Å². The van der Waals surface area contributed by atoms with Crippen LogP contribution in [0.2, 0.25) is 0 Å². The van der Waals surface area contributed by atoms with Gasteiger partial charge in [0.05, 0.1) is 12.4 Å². The lowest BCUT2D eigenvalue weighted by Gasteiger charge is -2.07. The third-order valence-electron chi connectivity index (χ3n) is 5.43. The molecule has 0 saturated heterocycles. The van der Waals surface area contributed by atoms with Crippen molar-refractivity contribution in [2.45, 2.75) is 39.3 Å². The van der Waals surface area contributed by atoms with Crippen molar-refractivity contribution in [3.63, 3.8) is 0 Å². The molecule has 2 aromatic heterocycles. The number of benzene rings is 2. The summed E-state index contributed by atoms with van der Waals surface area (Å²) in [6, 6.07) is 11.1. The van der Waals surface area contributed by atoms with Crippen LogP contribution in [0, 0.1) is 0 Å². The first kappa shape index (κ1) is 17.6. The van der Waals surface area contributed by atoms with Gasteiger partial charge < -0.3 is 5.32 Å². The van der Waals surface area contributed by atoms with E-state index in [0.29, 0.717) is 5.82 Å². The van der Waals surface area contributed by atoms with Crippen molar-refractivity contribution in [1.29, 1.82) is 0 Å². The van der Waals surface area contributed by atoms with Crippen molar-refractivity contribution >= 4 is 22.5 Å². The second kappa shape index (κ2) is 6.84. The summed E-state index contributed by atoms with van der Waals surface area (Å²) in [5, 5.41) is 17.8. The molecule has 0 radical (unpaired) electrons. The van der Waals surface area contributed by atoms with E-state index in [9.17, 15) is 4.79 Å². The maximum Gasteiger partial charge on any atom is 0.247 e. The van der Waals surface area contributed by atoms with Gasteiger partial charge in [0, 0.05) is 17.8 Å². The minimum atomic E-state index is -0.184. The van der Waals surface area contributed by atoms with Gasteiger partial charge in [-0.05, 0) is 54.2 Å². The lowest BCUT2D eigenvalue weighted by molar-refractivity contribution is -0.116. The maximum atomic E-state index is 12.4. The third kappa shape index (κ3) is 3.18. The summed E-state index contributed by atoms with van der Waals surface area (Å²) in [6.07, 6.45) is 7.68. The Morgan fingerprint density at radius 1 is 1.14 bits per heavy atom. The summed E-state index contributed by atoms with van der Waals surface area (Å²) in [5.41, 5.74) is 5.00. The van der Waals surface area contributed by atoms with E-state index < -0.39 is 0 Å². The number of anilines is 1. The van der Waals surface area contributed by atoms with Crippen molar-refractivity contribution in [3.8, 4) is 11.1 Å². The van der Waals surface area contributed by atoms with Gasteiger partial charge in [-0.25, -0.2) is 4.68 Å². The number of aryl methyl sites for hydroxylation is 2. The van der Waals surface area contributed by atoms with Crippen LogP contribution >= 0.6 is 0 Å². The number of rotatable bonds is 5.